The van der Waals surface area contributed by atoms with Crippen LogP contribution in [0.3, 0.4) is 0 Å². The topological polar surface area (TPSA) is 71.8 Å². The summed E-state index contributed by atoms with van der Waals surface area (Å²) < 4.78 is 3.03. The highest BCUT2D eigenvalue weighted by Gasteiger charge is 2.20. The van der Waals surface area contributed by atoms with Crippen molar-refractivity contribution < 1.29 is 4.79 Å². The molecule has 36 heavy (non-hydrogen) atoms. The van der Waals surface area contributed by atoms with Gasteiger partial charge in [0.2, 0.25) is 5.91 Å². The quantitative estimate of drug-likeness (QED) is 0.199. The first-order valence-corrected chi connectivity index (χ1v) is 13.3. The average Bonchev–Trinajstić information content (AvgIpc) is 3.34. The fourth-order valence-corrected chi connectivity index (χ4v) is 5.01. The fraction of sp³-hybridized carbons (Fsp3) is 0.107. The van der Waals surface area contributed by atoms with E-state index in [0.717, 1.165) is 38.1 Å². The van der Waals surface area contributed by atoms with Crippen LogP contribution in [-0.2, 0) is 4.79 Å². The number of carbonyl (C=O) groups excluding carboxylic acids is 1. The number of amides is 1. The molecule has 180 valence electrons. The third kappa shape index (κ3) is 5.45. The van der Waals surface area contributed by atoms with Gasteiger partial charge in [-0.25, -0.2) is 0 Å². The molecule has 0 aliphatic rings. The maximum Gasteiger partial charge on any atom is 0.234 e. The summed E-state index contributed by atoms with van der Waals surface area (Å²) in [6.45, 7) is 2.05. The van der Waals surface area contributed by atoms with Crippen molar-refractivity contribution in [3.8, 4) is 5.69 Å². The van der Waals surface area contributed by atoms with Crippen LogP contribution in [0.1, 0.15) is 18.8 Å². The molecule has 1 amide bonds. The number of halogens is 1. The molecule has 0 radical (unpaired) electrons. The van der Waals surface area contributed by atoms with Crippen LogP contribution < -0.4 is 10.6 Å². The molecular formula is C28H24BrN5OS. The van der Waals surface area contributed by atoms with E-state index in [1.54, 1.807) is 0 Å². The Morgan fingerprint density at radius 2 is 1.64 bits per heavy atom. The lowest BCUT2D eigenvalue weighted by molar-refractivity contribution is -0.113. The zero-order valence-corrected chi connectivity index (χ0v) is 22.0. The van der Waals surface area contributed by atoms with Gasteiger partial charge >= 0.3 is 0 Å². The molecule has 1 heterocycles. The molecule has 6 nitrogen and oxygen atoms in total. The summed E-state index contributed by atoms with van der Waals surface area (Å²) in [7, 11) is 0. The van der Waals surface area contributed by atoms with Crippen LogP contribution in [0.4, 0.5) is 11.4 Å². The van der Waals surface area contributed by atoms with Gasteiger partial charge in [0, 0.05) is 26.9 Å². The number of benzene rings is 4. The summed E-state index contributed by atoms with van der Waals surface area (Å²) in [6.07, 6.45) is 0. The molecule has 0 saturated carbocycles. The van der Waals surface area contributed by atoms with Gasteiger partial charge in [-0.1, -0.05) is 82.3 Å². The lowest BCUT2D eigenvalue weighted by Gasteiger charge is -2.17. The molecule has 0 saturated heterocycles. The summed E-state index contributed by atoms with van der Waals surface area (Å²) in [5, 5.41) is 18.2. The molecule has 1 unspecified atom stereocenters. The summed E-state index contributed by atoms with van der Waals surface area (Å²) in [6, 6.07) is 31.8. The first-order valence-electron chi connectivity index (χ1n) is 11.5. The van der Waals surface area contributed by atoms with Crippen molar-refractivity contribution in [1.29, 1.82) is 0 Å². The Bertz CT molecular complexity index is 1480. The number of hydrogen-bond donors (Lipinski definition) is 2. The van der Waals surface area contributed by atoms with Gasteiger partial charge in [-0.3, -0.25) is 9.36 Å². The van der Waals surface area contributed by atoms with E-state index in [2.05, 4.69) is 36.8 Å². The third-order valence-corrected chi connectivity index (χ3v) is 7.14. The predicted octanol–water partition coefficient (Wildman–Crippen LogP) is 7.09. The summed E-state index contributed by atoms with van der Waals surface area (Å²) >= 11 is 4.84. The van der Waals surface area contributed by atoms with E-state index in [0.29, 0.717) is 5.16 Å². The molecule has 0 spiro atoms. The average molecular weight is 559 g/mol. The predicted molar refractivity (Wildman–Crippen MR) is 151 cm³/mol. The maximum atomic E-state index is 12.9. The van der Waals surface area contributed by atoms with E-state index in [1.807, 2.05) is 109 Å². The molecule has 0 bridgehead atoms. The standard InChI is InChI=1S/C28H24BrN5OS/c1-19(30-22-16-14-21(29)15-17-22)27-32-33-28(34(27)23-10-3-2-4-11-23)36-18-26(35)31-25-13-7-9-20-8-5-6-12-24(20)25/h2-17,19,30H,18H2,1H3,(H,31,35). The Morgan fingerprint density at radius 3 is 2.44 bits per heavy atom. The van der Waals surface area contributed by atoms with Crippen molar-refractivity contribution in [2.45, 2.75) is 18.1 Å². The van der Waals surface area contributed by atoms with Crippen LogP contribution in [0.2, 0.25) is 0 Å². The minimum absolute atomic E-state index is 0.0958. The molecule has 0 fully saturated rings. The van der Waals surface area contributed by atoms with E-state index in [-0.39, 0.29) is 17.7 Å². The maximum absolute atomic E-state index is 12.9. The van der Waals surface area contributed by atoms with Gasteiger partial charge in [0.05, 0.1) is 11.8 Å². The largest absolute Gasteiger partial charge is 0.375 e. The monoisotopic (exact) mass is 557 g/mol. The summed E-state index contributed by atoms with van der Waals surface area (Å²) in [5.41, 5.74) is 2.73. The number of aromatic nitrogens is 3. The number of fused-ring (bicyclic) bond motifs is 1. The number of carbonyl (C=O) groups is 1. The Morgan fingerprint density at radius 1 is 0.917 bits per heavy atom. The number of nitrogens with one attached hydrogen (secondary N) is 2. The highest BCUT2D eigenvalue weighted by atomic mass is 79.9. The number of thioether (sulfide) groups is 1. The minimum Gasteiger partial charge on any atom is -0.375 e. The second-order valence-electron chi connectivity index (χ2n) is 8.25. The first-order chi connectivity index (χ1) is 17.6. The Hall–Kier alpha value is -3.62. The van der Waals surface area contributed by atoms with Gasteiger partial charge in [0.1, 0.15) is 0 Å². The van der Waals surface area contributed by atoms with Gasteiger partial charge in [-0.05, 0) is 54.8 Å². The van der Waals surface area contributed by atoms with Crippen LogP contribution in [0, 0.1) is 0 Å². The lowest BCUT2D eigenvalue weighted by atomic mass is 10.1. The summed E-state index contributed by atoms with van der Waals surface area (Å²) in [5.74, 6) is 0.880. The van der Waals surface area contributed by atoms with E-state index < -0.39 is 0 Å². The Balaban J connectivity index is 1.35. The second kappa shape index (κ2) is 11.0. The van der Waals surface area contributed by atoms with Crippen LogP contribution in [0.5, 0.6) is 0 Å². The van der Waals surface area contributed by atoms with Gasteiger partial charge in [-0.2, -0.15) is 0 Å². The fourth-order valence-electron chi connectivity index (χ4n) is 3.99. The van der Waals surface area contributed by atoms with E-state index in [1.165, 1.54) is 11.8 Å². The van der Waals surface area contributed by atoms with Gasteiger partial charge in [0.25, 0.3) is 0 Å². The van der Waals surface area contributed by atoms with Crippen molar-refractivity contribution in [2.75, 3.05) is 16.4 Å². The SMILES string of the molecule is CC(Nc1ccc(Br)cc1)c1nnc(SCC(=O)Nc2cccc3ccccc23)n1-c1ccccc1. The van der Waals surface area contributed by atoms with E-state index in [4.69, 9.17) is 0 Å². The summed E-state index contributed by atoms with van der Waals surface area (Å²) in [4.78, 5) is 12.9. The molecule has 1 atom stereocenters. The van der Waals surface area contributed by atoms with Crippen molar-refractivity contribution in [2.24, 2.45) is 0 Å². The molecular weight excluding hydrogens is 534 g/mol. The molecule has 1 aromatic heterocycles. The highest BCUT2D eigenvalue weighted by Crippen LogP contribution is 2.28. The van der Waals surface area contributed by atoms with Crippen molar-refractivity contribution in [3.63, 3.8) is 0 Å². The van der Waals surface area contributed by atoms with Crippen LogP contribution in [0.15, 0.2) is 107 Å². The number of nitrogens with zero attached hydrogens (tertiary/aromatic N) is 3. The van der Waals surface area contributed by atoms with Crippen molar-refractivity contribution >= 4 is 55.7 Å². The molecule has 0 aliphatic heterocycles. The van der Waals surface area contributed by atoms with Crippen molar-refractivity contribution in [3.05, 3.63) is 107 Å². The first kappa shape index (κ1) is 24.1. The zero-order chi connectivity index (χ0) is 24.9. The Kier molecular flexibility index (Phi) is 7.34. The number of para-hydroxylation sites is 1. The van der Waals surface area contributed by atoms with Crippen molar-refractivity contribution in [1.82, 2.24) is 14.8 Å². The Labute approximate surface area is 222 Å². The van der Waals surface area contributed by atoms with Crippen LogP contribution in [-0.4, -0.2) is 26.4 Å². The third-order valence-electron chi connectivity index (χ3n) is 5.68. The number of rotatable bonds is 8. The molecule has 0 aliphatic carbocycles. The van der Waals surface area contributed by atoms with E-state index >= 15 is 0 Å². The number of hydrogen-bond acceptors (Lipinski definition) is 5. The van der Waals surface area contributed by atoms with E-state index in [9.17, 15) is 4.79 Å². The molecule has 4 aromatic carbocycles. The molecule has 8 heteroatoms. The smallest absolute Gasteiger partial charge is 0.234 e. The van der Waals surface area contributed by atoms with Crippen LogP contribution in [0.25, 0.3) is 16.5 Å². The van der Waals surface area contributed by atoms with Gasteiger partial charge < -0.3 is 10.6 Å². The second-order valence-corrected chi connectivity index (χ2v) is 10.1. The zero-order valence-electron chi connectivity index (χ0n) is 19.6. The number of anilines is 2. The van der Waals surface area contributed by atoms with Crippen LogP contribution >= 0.6 is 27.7 Å². The molecule has 5 rings (SSSR count). The minimum atomic E-state index is -0.113. The molecule has 2 N–H and O–H groups in total. The lowest BCUT2D eigenvalue weighted by Crippen LogP contribution is -2.16. The van der Waals surface area contributed by atoms with Gasteiger partial charge in [-0.15, -0.1) is 10.2 Å². The van der Waals surface area contributed by atoms with Gasteiger partial charge in [0.15, 0.2) is 11.0 Å². The highest BCUT2D eigenvalue weighted by molar-refractivity contribution is 9.10. The molecule has 5 aromatic rings. The normalized spacial score (nSPS) is 11.8.